The van der Waals surface area contributed by atoms with E-state index in [2.05, 4.69) is 5.32 Å². The first kappa shape index (κ1) is 13.3. The fraction of sp³-hybridized carbons (Fsp3) is 0.500. The summed E-state index contributed by atoms with van der Waals surface area (Å²) in [6.07, 6.45) is 0. The molecule has 3 rings (SSSR count). The van der Waals surface area contributed by atoms with Crippen molar-refractivity contribution >= 4 is 29.4 Å². The SMILES string of the molecule is O=C1C(c2ccccc2)NCN1CC1CSCCS1. The molecule has 2 heterocycles. The van der Waals surface area contributed by atoms with Gasteiger partial charge in [0.25, 0.3) is 0 Å². The third-order valence-corrected chi connectivity index (χ3v) is 6.31. The van der Waals surface area contributed by atoms with Gasteiger partial charge in [-0.2, -0.15) is 23.5 Å². The summed E-state index contributed by atoms with van der Waals surface area (Å²) in [5.41, 5.74) is 1.07. The lowest BCUT2D eigenvalue weighted by molar-refractivity contribution is -0.128. The highest BCUT2D eigenvalue weighted by atomic mass is 32.2. The van der Waals surface area contributed by atoms with E-state index in [0.29, 0.717) is 11.9 Å². The highest BCUT2D eigenvalue weighted by molar-refractivity contribution is 8.06. The third-order valence-electron chi connectivity index (χ3n) is 3.49. The first-order valence-corrected chi connectivity index (χ1v) is 8.81. The number of nitrogens with one attached hydrogen (secondary N) is 1. The van der Waals surface area contributed by atoms with E-state index in [4.69, 9.17) is 0 Å². The van der Waals surface area contributed by atoms with E-state index in [1.54, 1.807) is 0 Å². The molecule has 2 unspecified atom stereocenters. The van der Waals surface area contributed by atoms with Crippen LogP contribution in [0.2, 0.25) is 0 Å². The molecular weight excluding hydrogens is 276 g/mol. The summed E-state index contributed by atoms with van der Waals surface area (Å²) in [5, 5.41) is 3.92. The van der Waals surface area contributed by atoms with Crippen LogP contribution in [0.4, 0.5) is 0 Å². The second-order valence-corrected chi connectivity index (χ2v) is 7.39. The van der Waals surface area contributed by atoms with Crippen molar-refractivity contribution in [3.05, 3.63) is 35.9 Å². The Morgan fingerprint density at radius 1 is 1.26 bits per heavy atom. The van der Waals surface area contributed by atoms with Crippen molar-refractivity contribution in [1.29, 1.82) is 0 Å². The monoisotopic (exact) mass is 294 g/mol. The number of benzene rings is 1. The molecule has 2 atom stereocenters. The molecule has 19 heavy (non-hydrogen) atoms. The maximum absolute atomic E-state index is 12.4. The topological polar surface area (TPSA) is 32.3 Å². The number of rotatable bonds is 3. The van der Waals surface area contributed by atoms with Gasteiger partial charge >= 0.3 is 0 Å². The number of carbonyl (C=O) groups is 1. The van der Waals surface area contributed by atoms with Crippen LogP contribution in [0, 0.1) is 0 Å². The average molecular weight is 294 g/mol. The molecule has 2 fully saturated rings. The van der Waals surface area contributed by atoms with Crippen molar-refractivity contribution in [3.63, 3.8) is 0 Å². The maximum atomic E-state index is 12.4. The van der Waals surface area contributed by atoms with Gasteiger partial charge in [-0.3, -0.25) is 10.1 Å². The Labute approximate surface area is 122 Å². The summed E-state index contributed by atoms with van der Waals surface area (Å²) in [7, 11) is 0. The number of thioether (sulfide) groups is 2. The Bertz CT molecular complexity index is 434. The van der Waals surface area contributed by atoms with Crippen molar-refractivity contribution < 1.29 is 4.79 Å². The van der Waals surface area contributed by atoms with Crippen LogP contribution in [-0.2, 0) is 4.79 Å². The molecule has 0 radical (unpaired) electrons. The number of hydrogen-bond donors (Lipinski definition) is 1. The van der Waals surface area contributed by atoms with E-state index in [-0.39, 0.29) is 11.9 Å². The van der Waals surface area contributed by atoms with Crippen LogP contribution in [0.1, 0.15) is 11.6 Å². The molecule has 1 amide bonds. The van der Waals surface area contributed by atoms with Crippen LogP contribution >= 0.6 is 23.5 Å². The van der Waals surface area contributed by atoms with Gasteiger partial charge in [0, 0.05) is 29.1 Å². The van der Waals surface area contributed by atoms with Crippen molar-refractivity contribution in [2.24, 2.45) is 0 Å². The zero-order valence-corrected chi connectivity index (χ0v) is 12.4. The smallest absolute Gasteiger partial charge is 0.245 e. The van der Waals surface area contributed by atoms with Crippen molar-refractivity contribution in [1.82, 2.24) is 10.2 Å². The van der Waals surface area contributed by atoms with Gasteiger partial charge in [-0.15, -0.1) is 0 Å². The van der Waals surface area contributed by atoms with E-state index >= 15 is 0 Å². The van der Waals surface area contributed by atoms with Gasteiger partial charge in [-0.05, 0) is 5.56 Å². The minimum atomic E-state index is -0.151. The lowest BCUT2D eigenvalue weighted by atomic mass is 10.1. The molecule has 0 aliphatic carbocycles. The molecule has 0 bridgehead atoms. The lowest BCUT2D eigenvalue weighted by Gasteiger charge is -2.25. The van der Waals surface area contributed by atoms with E-state index in [1.807, 2.05) is 58.8 Å². The van der Waals surface area contributed by atoms with Crippen LogP contribution in [0.5, 0.6) is 0 Å². The normalized spacial score (nSPS) is 27.8. The van der Waals surface area contributed by atoms with Gasteiger partial charge < -0.3 is 4.90 Å². The second-order valence-electron chi connectivity index (χ2n) is 4.83. The van der Waals surface area contributed by atoms with Gasteiger partial charge in [0.2, 0.25) is 5.91 Å². The molecule has 3 nitrogen and oxygen atoms in total. The summed E-state index contributed by atoms with van der Waals surface area (Å²) in [6.45, 7) is 1.56. The predicted molar refractivity (Wildman–Crippen MR) is 82.5 cm³/mol. The largest absolute Gasteiger partial charge is 0.327 e. The molecule has 1 N–H and O–H groups in total. The fourth-order valence-electron chi connectivity index (χ4n) is 2.50. The van der Waals surface area contributed by atoms with Gasteiger partial charge in [0.05, 0.1) is 6.67 Å². The van der Waals surface area contributed by atoms with Gasteiger partial charge in [-0.1, -0.05) is 30.3 Å². The quantitative estimate of drug-likeness (QED) is 0.924. The first-order valence-electron chi connectivity index (χ1n) is 6.61. The number of nitrogens with zero attached hydrogens (tertiary/aromatic N) is 1. The molecule has 2 aliphatic rings. The molecule has 2 saturated heterocycles. The highest BCUT2D eigenvalue weighted by Crippen LogP contribution is 2.27. The van der Waals surface area contributed by atoms with Crippen LogP contribution in [0.3, 0.4) is 0 Å². The molecule has 102 valence electrons. The Hall–Kier alpha value is -0.650. The Morgan fingerprint density at radius 3 is 2.84 bits per heavy atom. The second kappa shape index (κ2) is 6.20. The maximum Gasteiger partial charge on any atom is 0.245 e. The summed E-state index contributed by atoms with van der Waals surface area (Å²) in [5.74, 6) is 3.86. The molecular formula is C14H18N2OS2. The zero-order valence-electron chi connectivity index (χ0n) is 10.7. The summed E-state index contributed by atoms with van der Waals surface area (Å²) >= 11 is 4.01. The average Bonchev–Trinajstić information content (AvgIpc) is 2.82. The molecule has 2 aliphatic heterocycles. The predicted octanol–water partition coefficient (Wildman–Crippen LogP) is 1.97. The first-order chi connectivity index (χ1) is 9.34. The van der Waals surface area contributed by atoms with Crippen LogP contribution in [0.25, 0.3) is 0 Å². The molecule has 0 spiro atoms. The van der Waals surface area contributed by atoms with Crippen molar-refractivity contribution in [3.8, 4) is 0 Å². The summed E-state index contributed by atoms with van der Waals surface area (Å²) < 4.78 is 0. The van der Waals surface area contributed by atoms with E-state index < -0.39 is 0 Å². The van der Waals surface area contributed by atoms with Gasteiger partial charge in [0.15, 0.2) is 0 Å². The van der Waals surface area contributed by atoms with Crippen molar-refractivity contribution in [2.75, 3.05) is 30.5 Å². The molecule has 0 aromatic heterocycles. The summed E-state index contributed by atoms with van der Waals surface area (Å²) in [4.78, 5) is 14.4. The van der Waals surface area contributed by atoms with E-state index in [0.717, 1.165) is 12.1 Å². The zero-order chi connectivity index (χ0) is 13.1. The van der Waals surface area contributed by atoms with E-state index in [9.17, 15) is 4.79 Å². The van der Waals surface area contributed by atoms with Crippen LogP contribution < -0.4 is 5.32 Å². The minimum Gasteiger partial charge on any atom is -0.327 e. The number of amides is 1. The van der Waals surface area contributed by atoms with Gasteiger partial charge in [0.1, 0.15) is 6.04 Å². The van der Waals surface area contributed by atoms with E-state index in [1.165, 1.54) is 17.3 Å². The lowest BCUT2D eigenvalue weighted by Crippen LogP contribution is -2.35. The summed E-state index contributed by atoms with van der Waals surface area (Å²) in [6, 6.07) is 9.84. The molecule has 1 aromatic carbocycles. The number of carbonyl (C=O) groups excluding carboxylic acids is 1. The standard InChI is InChI=1S/C14H18N2OS2/c17-14-13(11-4-2-1-3-5-11)15-10-16(14)8-12-9-18-6-7-19-12/h1-5,12-13,15H,6-10H2. The van der Waals surface area contributed by atoms with Crippen LogP contribution in [-0.4, -0.2) is 46.5 Å². The number of hydrogen-bond acceptors (Lipinski definition) is 4. The minimum absolute atomic E-state index is 0.151. The molecule has 1 aromatic rings. The Balaban J connectivity index is 1.62. The highest BCUT2D eigenvalue weighted by Gasteiger charge is 2.33. The van der Waals surface area contributed by atoms with Crippen molar-refractivity contribution in [2.45, 2.75) is 11.3 Å². The Kier molecular flexibility index (Phi) is 4.35. The molecule has 5 heteroatoms. The fourth-order valence-corrected chi connectivity index (χ4v) is 5.18. The van der Waals surface area contributed by atoms with Crippen LogP contribution in [0.15, 0.2) is 30.3 Å². The molecule has 0 saturated carbocycles. The Morgan fingerprint density at radius 2 is 2.11 bits per heavy atom. The third kappa shape index (κ3) is 3.09. The van der Waals surface area contributed by atoms with Gasteiger partial charge in [-0.25, -0.2) is 0 Å².